The Morgan fingerprint density at radius 3 is 2.44 bits per heavy atom. The van der Waals surface area contributed by atoms with E-state index in [9.17, 15) is 8.78 Å². The normalized spacial score (nSPS) is 17.9. The highest BCUT2D eigenvalue weighted by molar-refractivity contribution is 5.95. The number of hydrogen-bond donors (Lipinski definition) is 2. The molecule has 0 radical (unpaired) electrons. The molecule has 0 unspecified atom stereocenters. The Morgan fingerprint density at radius 2 is 1.84 bits per heavy atom. The van der Waals surface area contributed by atoms with Crippen LogP contribution in [0.25, 0.3) is 10.9 Å². The van der Waals surface area contributed by atoms with Gasteiger partial charge in [-0.05, 0) is 43.2 Å². The molecular formula is C23H23F2N5O2. The number of benzene rings is 1. The zero-order valence-electron chi connectivity index (χ0n) is 17.8. The molecule has 2 aliphatic rings. The largest absolute Gasteiger partial charge is 0.493 e. The fourth-order valence-corrected chi connectivity index (χ4v) is 4.23. The van der Waals surface area contributed by atoms with Crippen molar-refractivity contribution in [3.05, 3.63) is 40.7 Å². The molecule has 7 nitrogen and oxygen atoms in total. The van der Waals surface area contributed by atoms with Crippen LogP contribution in [-0.2, 0) is 0 Å². The maximum absolute atomic E-state index is 14.8. The number of nitrogens with two attached hydrogens (primary N) is 1. The number of nitrogens with zero attached hydrogens (tertiary/aromatic N) is 3. The molecule has 3 aromatic rings. The first-order valence-electron chi connectivity index (χ1n) is 10.5. The van der Waals surface area contributed by atoms with E-state index >= 15 is 0 Å². The molecule has 5 rings (SSSR count). The van der Waals surface area contributed by atoms with Gasteiger partial charge in [0.1, 0.15) is 17.1 Å². The number of anilines is 1. The lowest BCUT2D eigenvalue weighted by molar-refractivity contribution is 0.357. The number of methoxy groups -OCH3 is 2. The molecule has 0 bridgehead atoms. The average molecular weight is 439 g/mol. The van der Waals surface area contributed by atoms with Gasteiger partial charge in [-0.3, -0.25) is 4.68 Å². The second-order valence-corrected chi connectivity index (χ2v) is 8.07. The Morgan fingerprint density at radius 1 is 1.12 bits per heavy atom. The van der Waals surface area contributed by atoms with Crippen LogP contribution in [0, 0.1) is 23.5 Å². The van der Waals surface area contributed by atoms with Gasteiger partial charge in [-0.25, -0.2) is 13.8 Å². The molecule has 0 amide bonds. The maximum Gasteiger partial charge on any atom is 0.183 e. The lowest BCUT2D eigenvalue weighted by Crippen LogP contribution is -2.15. The molecule has 2 aromatic heterocycles. The Bertz CT molecular complexity index is 1240. The Kier molecular flexibility index (Phi) is 5.10. The van der Waals surface area contributed by atoms with Crippen LogP contribution in [0.4, 0.5) is 14.6 Å². The first kappa shape index (κ1) is 20.5. The number of hydrogen-bond acceptors (Lipinski definition) is 6. The van der Waals surface area contributed by atoms with Crippen molar-refractivity contribution in [1.82, 2.24) is 20.1 Å². The fourth-order valence-electron chi connectivity index (χ4n) is 4.23. The van der Waals surface area contributed by atoms with Crippen molar-refractivity contribution in [2.24, 2.45) is 0 Å². The first-order chi connectivity index (χ1) is 15.5. The third-order valence-corrected chi connectivity index (χ3v) is 6.06. The molecule has 32 heavy (non-hydrogen) atoms. The molecule has 1 aliphatic carbocycles. The molecule has 2 fully saturated rings. The molecule has 3 heterocycles. The summed E-state index contributed by atoms with van der Waals surface area (Å²) in [5, 5.41) is 8.72. The number of nitrogens with one attached hydrogen (secondary N) is 1. The van der Waals surface area contributed by atoms with Gasteiger partial charge in [0, 0.05) is 18.8 Å². The van der Waals surface area contributed by atoms with Gasteiger partial charge < -0.3 is 20.5 Å². The van der Waals surface area contributed by atoms with Gasteiger partial charge >= 0.3 is 0 Å². The third-order valence-electron chi connectivity index (χ3n) is 6.06. The van der Waals surface area contributed by atoms with E-state index in [1.807, 2.05) is 10.9 Å². The molecule has 9 heteroatoms. The Hall–Kier alpha value is -3.38. The Balaban J connectivity index is 1.71. The number of aromatic nitrogens is 3. The van der Waals surface area contributed by atoms with E-state index in [1.165, 1.54) is 14.2 Å². The summed E-state index contributed by atoms with van der Waals surface area (Å²) in [4.78, 5) is 4.37. The van der Waals surface area contributed by atoms with Crippen LogP contribution in [0.2, 0.25) is 0 Å². The molecule has 1 saturated heterocycles. The van der Waals surface area contributed by atoms with Crippen LogP contribution in [0.3, 0.4) is 0 Å². The fraction of sp³-hybridized carbons (Fsp3) is 0.391. The van der Waals surface area contributed by atoms with Crippen LogP contribution >= 0.6 is 0 Å². The number of rotatable bonds is 4. The summed E-state index contributed by atoms with van der Waals surface area (Å²) in [6.07, 6.45) is 4.93. The molecular weight excluding hydrogens is 416 g/mol. The topological polar surface area (TPSA) is 87.2 Å². The minimum atomic E-state index is -0.896. The van der Waals surface area contributed by atoms with Crippen molar-refractivity contribution in [3.8, 4) is 23.3 Å². The summed E-state index contributed by atoms with van der Waals surface area (Å²) in [7, 11) is 2.59. The zero-order valence-corrected chi connectivity index (χ0v) is 17.8. The van der Waals surface area contributed by atoms with Gasteiger partial charge in [-0.1, -0.05) is 5.92 Å². The van der Waals surface area contributed by atoms with E-state index < -0.39 is 17.2 Å². The molecule has 1 aromatic carbocycles. The van der Waals surface area contributed by atoms with E-state index in [1.54, 1.807) is 0 Å². The van der Waals surface area contributed by atoms with Gasteiger partial charge in [-0.2, -0.15) is 5.10 Å². The average Bonchev–Trinajstić information content (AvgIpc) is 3.34. The second-order valence-electron chi connectivity index (χ2n) is 8.07. The van der Waals surface area contributed by atoms with E-state index in [2.05, 4.69) is 22.1 Å². The van der Waals surface area contributed by atoms with Gasteiger partial charge in [0.15, 0.2) is 23.1 Å². The predicted molar refractivity (Wildman–Crippen MR) is 116 cm³/mol. The van der Waals surface area contributed by atoms with Crippen LogP contribution in [-0.4, -0.2) is 42.1 Å². The molecule has 1 saturated carbocycles. The molecule has 0 spiro atoms. The minimum Gasteiger partial charge on any atom is -0.493 e. The molecule has 3 N–H and O–H groups in total. The second kappa shape index (κ2) is 7.95. The van der Waals surface area contributed by atoms with Crippen molar-refractivity contribution in [3.63, 3.8) is 0 Å². The third kappa shape index (κ3) is 3.31. The van der Waals surface area contributed by atoms with Crippen LogP contribution in [0.5, 0.6) is 11.5 Å². The highest BCUT2D eigenvalue weighted by Gasteiger charge is 2.31. The predicted octanol–water partition coefficient (Wildman–Crippen LogP) is 3.12. The van der Waals surface area contributed by atoms with Gasteiger partial charge in [0.25, 0.3) is 0 Å². The smallest absolute Gasteiger partial charge is 0.183 e. The SMILES string of the molecule is COc1cc(OC)c(F)c(C#Cc2nn([C@H]3CCNC3)c3c(C4CC4)cnc(N)c23)c1F. The number of pyridine rings is 1. The Labute approximate surface area is 183 Å². The van der Waals surface area contributed by atoms with Crippen molar-refractivity contribution in [1.29, 1.82) is 0 Å². The lowest BCUT2D eigenvalue weighted by Gasteiger charge is -2.13. The van der Waals surface area contributed by atoms with Crippen molar-refractivity contribution in [2.75, 3.05) is 33.0 Å². The van der Waals surface area contributed by atoms with Crippen molar-refractivity contribution < 1.29 is 18.3 Å². The van der Waals surface area contributed by atoms with E-state index in [0.29, 0.717) is 22.8 Å². The van der Waals surface area contributed by atoms with Crippen LogP contribution < -0.4 is 20.5 Å². The summed E-state index contributed by atoms with van der Waals surface area (Å²) in [6.45, 7) is 1.68. The van der Waals surface area contributed by atoms with Gasteiger partial charge in [0.05, 0.1) is 31.2 Å². The maximum atomic E-state index is 14.8. The van der Waals surface area contributed by atoms with E-state index in [0.717, 1.165) is 49.5 Å². The van der Waals surface area contributed by atoms with Crippen LogP contribution in [0.15, 0.2) is 12.3 Å². The van der Waals surface area contributed by atoms with Crippen molar-refractivity contribution >= 4 is 16.7 Å². The lowest BCUT2D eigenvalue weighted by atomic mass is 10.1. The van der Waals surface area contributed by atoms with E-state index in [4.69, 9.17) is 20.3 Å². The quantitative estimate of drug-likeness (QED) is 0.608. The van der Waals surface area contributed by atoms with Crippen LogP contribution in [0.1, 0.15) is 48.0 Å². The molecule has 166 valence electrons. The number of halogens is 2. The van der Waals surface area contributed by atoms with Gasteiger partial charge in [-0.15, -0.1) is 0 Å². The first-order valence-corrected chi connectivity index (χ1v) is 10.5. The summed E-state index contributed by atoms with van der Waals surface area (Å²) < 4.78 is 41.5. The monoisotopic (exact) mass is 439 g/mol. The highest BCUT2D eigenvalue weighted by atomic mass is 19.1. The molecule has 1 aliphatic heterocycles. The molecule has 1 atom stereocenters. The zero-order chi connectivity index (χ0) is 22.4. The van der Waals surface area contributed by atoms with Crippen molar-refractivity contribution in [2.45, 2.75) is 31.2 Å². The van der Waals surface area contributed by atoms with Gasteiger partial charge in [0.2, 0.25) is 0 Å². The summed E-state index contributed by atoms with van der Waals surface area (Å²) >= 11 is 0. The number of ether oxygens (including phenoxy) is 2. The summed E-state index contributed by atoms with van der Waals surface area (Å²) in [5.74, 6) is 4.07. The highest BCUT2D eigenvalue weighted by Crippen LogP contribution is 2.44. The number of nitrogen functional groups attached to an aromatic ring is 1. The summed E-state index contributed by atoms with van der Waals surface area (Å²) in [6, 6.07) is 1.30. The summed E-state index contributed by atoms with van der Waals surface area (Å²) in [5.41, 5.74) is 8.16. The number of fused-ring (bicyclic) bond motifs is 1. The minimum absolute atomic E-state index is 0.151. The standard InChI is InChI=1S/C23H23F2N5O2/c1-31-17-9-18(32-2)21(25)14(20(17)24)5-6-16-19-22(30(29-16)13-7-8-27-10-13)15(12-3-4-12)11-28-23(19)26/h9,11-13,27H,3-4,7-8,10H2,1-2H3,(H2,26,28)/t13-/m0/s1. The van der Waals surface area contributed by atoms with E-state index in [-0.39, 0.29) is 17.5 Å².